The normalized spacial score (nSPS) is 11.4. The van der Waals surface area contributed by atoms with Crippen LogP contribution in [0.2, 0.25) is 0 Å². The second-order valence-electron chi connectivity index (χ2n) is 7.68. The number of rotatable bonds is 11. The molecule has 0 spiro atoms. The standard InChI is InChI=1S/C27H30N2O4S/c1-4-5-18-33-24-14-8-21(9-15-24)28-26(30)19(2)34-25-16-10-22(11-17-25)29-27(31)20-6-12-23(32-3)13-7-20/h6-17,19H,4-5,18H2,1-3H3,(H,28,30)(H,29,31). The third kappa shape index (κ3) is 7.56. The molecule has 0 heterocycles. The number of carbonyl (C=O) groups excluding carboxylic acids is 2. The molecular weight excluding hydrogens is 448 g/mol. The maximum Gasteiger partial charge on any atom is 0.255 e. The molecule has 0 aliphatic rings. The van der Waals surface area contributed by atoms with Crippen LogP contribution in [0.5, 0.6) is 11.5 Å². The molecule has 0 bridgehead atoms. The van der Waals surface area contributed by atoms with Crippen molar-refractivity contribution < 1.29 is 19.1 Å². The molecule has 0 aliphatic heterocycles. The van der Waals surface area contributed by atoms with Gasteiger partial charge in [0.05, 0.1) is 19.0 Å². The Morgan fingerprint density at radius 1 is 0.853 bits per heavy atom. The van der Waals surface area contributed by atoms with Gasteiger partial charge in [0.15, 0.2) is 0 Å². The number of benzene rings is 3. The van der Waals surface area contributed by atoms with E-state index in [0.717, 1.165) is 29.2 Å². The third-order valence-electron chi connectivity index (χ3n) is 5.03. The maximum absolute atomic E-state index is 12.6. The lowest BCUT2D eigenvalue weighted by Crippen LogP contribution is -2.22. The van der Waals surface area contributed by atoms with Crippen LogP contribution in [-0.2, 0) is 4.79 Å². The van der Waals surface area contributed by atoms with Gasteiger partial charge in [-0.1, -0.05) is 13.3 Å². The van der Waals surface area contributed by atoms with Crippen LogP contribution in [0.15, 0.2) is 77.7 Å². The van der Waals surface area contributed by atoms with Crippen molar-refractivity contribution in [2.75, 3.05) is 24.4 Å². The van der Waals surface area contributed by atoms with E-state index in [1.165, 1.54) is 11.8 Å². The van der Waals surface area contributed by atoms with Gasteiger partial charge in [-0.25, -0.2) is 0 Å². The first-order valence-electron chi connectivity index (χ1n) is 11.2. The van der Waals surface area contributed by atoms with Crippen molar-refractivity contribution in [1.82, 2.24) is 0 Å². The Bertz CT molecular complexity index is 1070. The number of hydrogen-bond acceptors (Lipinski definition) is 5. The number of thioether (sulfide) groups is 1. The Morgan fingerprint density at radius 3 is 2.06 bits per heavy atom. The quantitative estimate of drug-likeness (QED) is 0.252. The lowest BCUT2D eigenvalue weighted by Gasteiger charge is -2.13. The Kier molecular flexibility index (Phi) is 9.40. The third-order valence-corrected chi connectivity index (χ3v) is 6.15. The van der Waals surface area contributed by atoms with Crippen LogP contribution in [0.1, 0.15) is 37.0 Å². The SMILES string of the molecule is CCCCOc1ccc(NC(=O)C(C)Sc2ccc(NC(=O)c3ccc(OC)cc3)cc2)cc1. The topological polar surface area (TPSA) is 76.7 Å². The first kappa shape index (κ1) is 25.2. The summed E-state index contributed by atoms with van der Waals surface area (Å²) in [6.45, 7) is 4.68. The highest BCUT2D eigenvalue weighted by atomic mass is 32.2. The zero-order valence-corrected chi connectivity index (χ0v) is 20.5. The summed E-state index contributed by atoms with van der Waals surface area (Å²) in [5.41, 5.74) is 1.96. The molecule has 3 rings (SSSR count). The minimum absolute atomic E-state index is 0.0819. The fourth-order valence-corrected chi connectivity index (χ4v) is 3.90. The molecular formula is C27H30N2O4S. The molecule has 2 amide bonds. The van der Waals surface area contributed by atoms with E-state index >= 15 is 0 Å². The van der Waals surface area contributed by atoms with E-state index in [0.29, 0.717) is 23.6 Å². The van der Waals surface area contributed by atoms with Crippen LogP contribution >= 0.6 is 11.8 Å². The second kappa shape index (κ2) is 12.7. The van der Waals surface area contributed by atoms with E-state index in [1.807, 2.05) is 55.5 Å². The van der Waals surface area contributed by atoms with Gasteiger partial charge in [0.2, 0.25) is 5.91 Å². The molecule has 3 aromatic rings. The van der Waals surface area contributed by atoms with Gasteiger partial charge >= 0.3 is 0 Å². The molecule has 0 aromatic heterocycles. The smallest absolute Gasteiger partial charge is 0.255 e. The van der Waals surface area contributed by atoms with Crippen LogP contribution in [-0.4, -0.2) is 30.8 Å². The van der Waals surface area contributed by atoms with Crippen molar-refractivity contribution >= 4 is 35.0 Å². The van der Waals surface area contributed by atoms with Crippen molar-refractivity contribution in [1.29, 1.82) is 0 Å². The van der Waals surface area contributed by atoms with Crippen LogP contribution in [0.25, 0.3) is 0 Å². The monoisotopic (exact) mass is 478 g/mol. The minimum atomic E-state index is -0.291. The molecule has 0 fully saturated rings. The molecule has 178 valence electrons. The summed E-state index contributed by atoms with van der Waals surface area (Å²) >= 11 is 1.45. The number of hydrogen-bond donors (Lipinski definition) is 2. The Hall–Kier alpha value is -3.45. The number of carbonyl (C=O) groups is 2. The molecule has 0 aliphatic carbocycles. The summed E-state index contributed by atoms with van der Waals surface area (Å²) in [6, 6.07) is 21.8. The molecule has 6 nitrogen and oxygen atoms in total. The van der Waals surface area contributed by atoms with Gasteiger partial charge < -0.3 is 20.1 Å². The van der Waals surface area contributed by atoms with Gasteiger partial charge in [-0.2, -0.15) is 0 Å². The van der Waals surface area contributed by atoms with Crippen LogP contribution in [0.3, 0.4) is 0 Å². The average Bonchev–Trinajstić information content (AvgIpc) is 2.86. The fraction of sp³-hybridized carbons (Fsp3) is 0.259. The summed E-state index contributed by atoms with van der Waals surface area (Å²) < 4.78 is 10.8. The highest BCUT2D eigenvalue weighted by molar-refractivity contribution is 8.00. The number of nitrogens with one attached hydrogen (secondary N) is 2. The Labute approximate surface area is 205 Å². The minimum Gasteiger partial charge on any atom is -0.497 e. The maximum atomic E-state index is 12.6. The summed E-state index contributed by atoms with van der Waals surface area (Å²) in [5, 5.41) is 5.52. The van der Waals surface area contributed by atoms with Gasteiger partial charge in [-0.3, -0.25) is 9.59 Å². The number of amides is 2. The van der Waals surface area contributed by atoms with Gasteiger partial charge in [-0.05, 0) is 86.1 Å². The molecule has 2 N–H and O–H groups in total. The van der Waals surface area contributed by atoms with Gasteiger partial charge in [-0.15, -0.1) is 11.8 Å². The highest BCUT2D eigenvalue weighted by Crippen LogP contribution is 2.26. The zero-order valence-electron chi connectivity index (χ0n) is 19.7. The van der Waals surface area contributed by atoms with Gasteiger partial charge in [0, 0.05) is 21.8 Å². The largest absolute Gasteiger partial charge is 0.497 e. The lowest BCUT2D eigenvalue weighted by atomic mass is 10.2. The van der Waals surface area contributed by atoms with Gasteiger partial charge in [0.25, 0.3) is 5.91 Å². The second-order valence-corrected chi connectivity index (χ2v) is 9.10. The predicted molar refractivity (Wildman–Crippen MR) is 138 cm³/mol. The molecule has 7 heteroatoms. The first-order valence-corrected chi connectivity index (χ1v) is 12.1. The van der Waals surface area contributed by atoms with E-state index in [4.69, 9.17) is 9.47 Å². The molecule has 1 atom stereocenters. The van der Waals surface area contributed by atoms with Crippen LogP contribution in [0, 0.1) is 0 Å². The van der Waals surface area contributed by atoms with E-state index < -0.39 is 0 Å². The van der Waals surface area contributed by atoms with Crippen LogP contribution in [0.4, 0.5) is 11.4 Å². The Balaban J connectivity index is 1.49. The summed E-state index contributed by atoms with van der Waals surface area (Å²) in [6.07, 6.45) is 2.11. The van der Waals surface area contributed by atoms with E-state index in [2.05, 4.69) is 17.6 Å². The zero-order chi connectivity index (χ0) is 24.3. The predicted octanol–water partition coefficient (Wildman–Crippen LogP) is 6.25. The van der Waals surface area contributed by atoms with E-state index in [1.54, 1.807) is 31.4 Å². The number of methoxy groups -OCH3 is 1. The van der Waals surface area contributed by atoms with Gasteiger partial charge in [0.1, 0.15) is 11.5 Å². The van der Waals surface area contributed by atoms with Crippen LogP contribution < -0.4 is 20.1 Å². The van der Waals surface area contributed by atoms with E-state index in [9.17, 15) is 9.59 Å². The van der Waals surface area contributed by atoms with Crippen molar-refractivity contribution in [3.8, 4) is 11.5 Å². The van der Waals surface area contributed by atoms with Crippen molar-refractivity contribution in [3.63, 3.8) is 0 Å². The molecule has 34 heavy (non-hydrogen) atoms. The van der Waals surface area contributed by atoms with Crippen molar-refractivity contribution in [2.45, 2.75) is 36.8 Å². The highest BCUT2D eigenvalue weighted by Gasteiger charge is 2.15. The summed E-state index contributed by atoms with van der Waals surface area (Å²) in [4.78, 5) is 25.9. The molecule has 0 saturated carbocycles. The molecule has 1 unspecified atom stereocenters. The summed E-state index contributed by atoms with van der Waals surface area (Å²) in [5.74, 6) is 1.22. The Morgan fingerprint density at radius 2 is 1.44 bits per heavy atom. The van der Waals surface area contributed by atoms with Crippen molar-refractivity contribution in [3.05, 3.63) is 78.4 Å². The number of anilines is 2. The molecule has 3 aromatic carbocycles. The summed E-state index contributed by atoms with van der Waals surface area (Å²) in [7, 11) is 1.58. The van der Waals surface area contributed by atoms with E-state index in [-0.39, 0.29) is 17.1 Å². The fourth-order valence-electron chi connectivity index (χ4n) is 3.03. The molecule has 0 saturated heterocycles. The van der Waals surface area contributed by atoms with Crippen molar-refractivity contribution in [2.24, 2.45) is 0 Å². The first-order chi connectivity index (χ1) is 16.5. The number of unbranched alkanes of at least 4 members (excludes halogenated alkanes) is 1. The number of ether oxygens (including phenoxy) is 2. The molecule has 0 radical (unpaired) electrons. The average molecular weight is 479 g/mol. The lowest BCUT2D eigenvalue weighted by molar-refractivity contribution is -0.115.